The Morgan fingerprint density at radius 2 is 2.50 bits per heavy atom. The molecule has 0 radical (unpaired) electrons. The Bertz CT molecular complexity index is 318. The number of rotatable bonds is 4. The molecular formula is C12H18N2O2. The van der Waals surface area contributed by atoms with Gasteiger partial charge in [0.1, 0.15) is 6.23 Å². The van der Waals surface area contributed by atoms with Gasteiger partial charge in [0.25, 0.3) is 0 Å². The third kappa shape index (κ3) is 2.40. The predicted molar refractivity (Wildman–Crippen MR) is 60.8 cm³/mol. The normalized spacial score (nSPS) is 26.1. The van der Waals surface area contributed by atoms with E-state index >= 15 is 0 Å². The third-order valence-electron chi connectivity index (χ3n) is 2.78. The number of aromatic nitrogens is 1. The monoisotopic (exact) mass is 222 g/mol. The lowest BCUT2D eigenvalue weighted by Crippen LogP contribution is -2.26. The van der Waals surface area contributed by atoms with E-state index in [2.05, 4.69) is 16.8 Å². The highest BCUT2D eigenvalue weighted by Crippen LogP contribution is 2.29. The van der Waals surface area contributed by atoms with Gasteiger partial charge in [0, 0.05) is 31.0 Å². The average molecular weight is 222 g/mol. The van der Waals surface area contributed by atoms with Crippen LogP contribution in [0.2, 0.25) is 0 Å². The van der Waals surface area contributed by atoms with Crippen molar-refractivity contribution < 1.29 is 9.84 Å². The minimum Gasteiger partial charge on any atom is -0.394 e. The first kappa shape index (κ1) is 11.5. The van der Waals surface area contributed by atoms with Crippen molar-refractivity contribution in [1.82, 2.24) is 9.88 Å². The Hall–Kier alpha value is -0.970. The van der Waals surface area contributed by atoms with Gasteiger partial charge in [-0.2, -0.15) is 0 Å². The smallest absolute Gasteiger partial charge is 0.138 e. The average Bonchev–Trinajstić information content (AvgIpc) is 2.74. The molecule has 2 unspecified atom stereocenters. The fourth-order valence-corrected chi connectivity index (χ4v) is 2.08. The highest BCUT2D eigenvalue weighted by Gasteiger charge is 2.32. The maximum atomic E-state index is 9.15. The van der Waals surface area contributed by atoms with Gasteiger partial charge < -0.3 is 9.84 Å². The molecule has 16 heavy (non-hydrogen) atoms. The second-order valence-electron chi connectivity index (χ2n) is 4.07. The van der Waals surface area contributed by atoms with Crippen molar-refractivity contribution in [2.75, 3.05) is 19.7 Å². The summed E-state index contributed by atoms with van der Waals surface area (Å²) in [5.74, 6) is 0. The minimum absolute atomic E-state index is 0.0502. The number of ether oxygens (including phenoxy) is 1. The van der Waals surface area contributed by atoms with E-state index in [0.717, 1.165) is 25.1 Å². The van der Waals surface area contributed by atoms with Crippen LogP contribution in [0.5, 0.6) is 0 Å². The van der Waals surface area contributed by atoms with E-state index in [1.54, 1.807) is 6.20 Å². The van der Waals surface area contributed by atoms with E-state index in [-0.39, 0.29) is 18.9 Å². The summed E-state index contributed by atoms with van der Waals surface area (Å²) < 4.78 is 5.80. The zero-order chi connectivity index (χ0) is 11.4. The lowest BCUT2D eigenvalue weighted by molar-refractivity contribution is -0.0197. The molecule has 0 saturated carbocycles. The molecule has 4 nitrogen and oxygen atoms in total. The van der Waals surface area contributed by atoms with Crippen molar-refractivity contribution in [1.29, 1.82) is 0 Å². The summed E-state index contributed by atoms with van der Waals surface area (Å²) >= 11 is 0. The van der Waals surface area contributed by atoms with Gasteiger partial charge >= 0.3 is 0 Å². The van der Waals surface area contributed by atoms with Gasteiger partial charge in [0.15, 0.2) is 0 Å². The molecule has 0 bridgehead atoms. The van der Waals surface area contributed by atoms with E-state index in [0.29, 0.717) is 0 Å². The van der Waals surface area contributed by atoms with Crippen molar-refractivity contribution in [2.24, 2.45) is 0 Å². The topological polar surface area (TPSA) is 45.6 Å². The molecule has 4 heteroatoms. The number of aliphatic hydroxyl groups is 1. The van der Waals surface area contributed by atoms with E-state index in [1.807, 2.05) is 18.3 Å². The number of hydrogen-bond donors (Lipinski definition) is 1. The highest BCUT2D eigenvalue weighted by atomic mass is 16.5. The molecule has 1 N–H and O–H groups in total. The zero-order valence-corrected chi connectivity index (χ0v) is 9.54. The molecule has 1 saturated heterocycles. The van der Waals surface area contributed by atoms with E-state index in [9.17, 15) is 0 Å². The summed E-state index contributed by atoms with van der Waals surface area (Å²) in [7, 11) is 0. The summed E-state index contributed by atoms with van der Waals surface area (Å²) in [6.45, 7) is 4.00. The predicted octanol–water partition coefficient (Wildman–Crippen LogP) is 1.18. The van der Waals surface area contributed by atoms with Crippen LogP contribution in [0.25, 0.3) is 0 Å². The Kier molecular flexibility index (Phi) is 3.88. The molecule has 1 aliphatic rings. The Morgan fingerprint density at radius 3 is 3.12 bits per heavy atom. The highest BCUT2D eigenvalue weighted by molar-refractivity contribution is 5.13. The van der Waals surface area contributed by atoms with Crippen LogP contribution in [0.4, 0.5) is 0 Å². The first-order chi connectivity index (χ1) is 7.85. The maximum Gasteiger partial charge on any atom is 0.138 e. The number of hydrogen-bond acceptors (Lipinski definition) is 4. The molecule has 1 aromatic heterocycles. The van der Waals surface area contributed by atoms with Crippen LogP contribution in [0.1, 0.15) is 25.1 Å². The summed E-state index contributed by atoms with van der Waals surface area (Å²) in [4.78, 5) is 6.35. The number of aliphatic hydroxyl groups excluding tert-OH is 1. The Morgan fingerprint density at radius 1 is 1.62 bits per heavy atom. The van der Waals surface area contributed by atoms with Gasteiger partial charge in [-0.05, 0) is 12.5 Å². The first-order valence-corrected chi connectivity index (χ1v) is 5.75. The zero-order valence-electron chi connectivity index (χ0n) is 9.54. The van der Waals surface area contributed by atoms with Crippen LogP contribution in [0.15, 0.2) is 24.5 Å². The van der Waals surface area contributed by atoms with Gasteiger partial charge in [-0.15, -0.1) is 0 Å². The largest absolute Gasteiger partial charge is 0.394 e. The fourth-order valence-electron chi connectivity index (χ4n) is 2.08. The molecule has 1 fully saturated rings. The molecule has 2 rings (SSSR count). The molecule has 88 valence electrons. The molecule has 1 aliphatic heterocycles. The standard InChI is InChI=1S/C12H18N2O2/c1-2-6-14-8-11(9-15)16-12(14)10-4-3-5-13-7-10/h3-5,7,11-12,15H,2,6,8-9H2,1H3. The first-order valence-electron chi connectivity index (χ1n) is 5.75. The lowest BCUT2D eigenvalue weighted by Gasteiger charge is -2.21. The molecule has 1 aromatic rings. The van der Waals surface area contributed by atoms with Gasteiger partial charge in [0.2, 0.25) is 0 Å². The SMILES string of the molecule is CCCN1CC(CO)OC1c1cccnc1. The van der Waals surface area contributed by atoms with Crippen molar-refractivity contribution >= 4 is 0 Å². The van der Waals surface area contributed by atoms with Gasteiger partial charge in [0.05, 0.1) is 12.7 Å². The minimum atomic E-state index is -0.0724. The van der Waals surface area contributed by atoms with Gasteiger partial charge in [-0.1, -0.05) is 13.0 Å². The maximum absolute atomic E-state index is 9.15. The molecule has 2 atom stereocenters. The molecule has 0 spiro atoms. The number of pyridine rings is 1. The van der Waals surface area contributed by atoms with E-state index < -0.39 is 0 Å². The molecule has 0 amide bonds. The fraction of sp³-hybridized carbons (Fsp3) is 0.583. The molecule has 0 aromatic carbocycles. The van der Waals surface area contributed by atoms with Crippen molar-refractivity contribution in [3.8, 4) is 0 Å². The van der Waals surface area contributed by atoms with Gasteiger partial charge in [-0.3, -0.25) is 9.88 Å². The van der Waals surface area contributed by atoms with Crippen LogP contribution >= 0.6 is 0 Å². The van der Waals surface area contributed by atoms with Crippen molar-refractivity contribution in [3.05, 3.63) is 30.1 Å². The van der Waals surface area contributed by atoms with Crippen LogP contribution in [0.3, 0.4) is 0 Å². The summed E-state index contributed by atoms with van der Waals surface area (Å²) in [5, 5.41) is 9.15. The summed E-state index contributed by atoms with van der Waals surface area (Å²) in [6.07, 6.45) is 4.54. The van der Waals surface area contributed by atoms with E-state index in [4.69, 9.17) is 9.84 Å². The Balaban J connectivity index is 2.12. The van der Waals surface area contributed by atoms with Crippen LogP contribution in [-0.2, 0) is 4.74 Å². The summed E-state index contributed by atoms with van der Waals surface area (Å²) in [5.41, 5.74) is 1.06. The number of nitrogens with zero attached hydrogens (tertiary/aromatic N) is 2. The molecule has 2 heterocycles. The molecule has 0 aliphatic carbocycles. The van der Waals surface area contributed by atoms with Crippen LogP contribution in [0, 0.1) is 0 Å². The lowest BCUT2D eigenvalue weighted by atomic mass is 10.2. The van der Waals surface area contributed by atoms with Crippen molar-refractivity contribution in [3.63, 3.8) is 0 Å². The second-order valence-corrected chi connectivity index (χ2v) is 4.07. The Labute approximate surface area is 95.9 Å². The van der Waals surface area contributed by atoms with Gasteiger partial charge in [-0.25, -0.2) is 0 Å². The van der Waals surface area contributed by atoms with E-state index in [1.165, 1.54) is 0 Å². The van der Waals surface area contributed by atoms with Crippen LogP contribution < -0.4 is 0 Å². The van der Waals surface area contributed by atoms with Crippen molar-refractivity contribution in [2.45, 2.75) is 25.7 Å². The van der Waals surface area contributed by atoms with Crippen LogP contribution in [-0.4, -0.2) is 40.8 Å². The summed E-state index contributed by atoms with van der Waals surface area (Å²) in [6, 6.07) is 3.93. The molecular weight excluding hydrogens is 204 g/mol. The quantitative estimate of drug-likeness (QED) is 0.831. The second kappa shape index (κ2) is 5.39. The third-order valence-corrected chi connectivity index (χ3v) is 2.78.